The maximum absolute atomic E-state index is 11.4. The van der Waals surface area contributed by atoms with Crippen LogP contribution in [-0.2, 0) is 4.74 Å². The summed E-state index contributed by atoms with van der Waals surface area (Å²) in [6.07, 6.45) is 1.69. The van der Waals surface area contributed by atoms with Crippen molar-refractivity contribution in [2.24, 2.45) is 0 Å². The molecule has 0 radical (unpaired) electrons. The van der Waals surface area contributed by atoms with Crippen molar-refractivity contribution in [2.75, 3.05) is 6.61 Å². The fourth-order valence-corrected chi connectivity index (χ4v) is 6.79. The SMILES string of the molecule is O[C@H](c1ccccc1)[C@H](c1ccccc1)[C@@H]1OCCC[C@H]1[Se]c1ccccc1. The Labute approximate surface area is 173 Å². The number of aliphatic hydroxyl groups excluding tert-OH is 1. The Morgan fingerprint density at radius 3 is 2.00 bits per heavy atom. The second-order valence-corrected chi connectivity index (χ2v) is 9.99. The first-order valence-electron chi connectivity index (χ1n) is 9.94. The fourth-order valence-electron chi connectivity index (χ4n) is 3.99. The second-order valence-electron chi connectivity index (χ2n) is 7.24. The zero-order valence-electron chi connectivity index (χ0n) is 15.9. The molecule has 0 amide bonds. The zero-order valence-corrected chi connectivity index (χ0v) is 17.6. The molecule has 4 rings (SSSR count). The summed E-state index contributed by atoms with van der Waals surface area (Å²) in [6, 6.07) is 31.1. The molecule has 0 spiro atoms. The van der Waals surface area contributed by atoms with Gasteiger partial charge in [0.25, 0.3) is 0 Å². The van der Waals surface area contributed by atoms with Gasteiger partial charge in [-0.25, -0.2) is 0 Å². The maximum atomic E-state index is 11.4. The summed E-state index contributed by atoms with van der Waals surface area (Å²) in [5.74, 6) is -0.0699. The first-order valence-corrected chi connectivity index (χ1v) is 11.8. The Morgan fingerprint density at radius 2 is 1.36 bits per heavy atom. The van der Waals surface area contributed by atoms with Crippen LogP contribution in [0.15, 0.2) is 91.0 Å². The Balaban J connectivity index is 1.67. The minimum atomic E-state index is -0.583. The third-order valence-electron chi connectivity index (χ3n) is 5.36. The van der Waals surface area contributed by atoms with Crippen molar-refractivity contribution in [1.82, 2.24) is 0 Å². The summed E-state index contributed by atoms with van der Waals surface area (Å²) in [5, 5.41) is 11.4. The molecule has 3 heteroatoms. The minimum absolute atomic E-state index is 0.0200. The Hall–Kier alpha value is -1.90. The van der Waals surface area contributed by atoms with E-state index in [9.17, 15) is 5.11 Å². The van der Waals surface area contributed by atoms with Crippen LogP contribution in [0.3, 0.4) is 0 Å². The van der Waals surface area contributed by atoms with E-state index in [0.717, 1.165) is 30.6 Å². The molecular formula is C25H26O2Se. The van der Waals surface area contributed by atoms with Crippen molar-refractivity contribution in [3.05, 3.63) is 102 Å². The monoisotopic (exact) mass is 438 g/mol. The number of benzene rings is 3. The molecule has 0 saturated carbocycles. The molecule has 0 unspecified atom stereocenters. The molecule has 3 aromatic carbocycles. The summed E-state index contributed by atoms with van der Waals surface area (Å²) in [7, 11) is 0. The third-order valence-corrected chi connectivity index (χ3v) is 8.19. The van der Waals surface area contributed by atoms with E-state index < -0.39 is 6.10 Å². The molecule has 1 aliphatic heterocycles. The zero-order chi connectivity index (χ0) is 19.2. The molecule has 3 aromatic rings. The van der Waals surface area contributed by atoms with Crippen molar-refractivity contribution in [3.63, 3.8) is 0 Å². The summed E-state index contributed by atoms with van der Waals surface area (Å²) in [6.45, 7) is 0.775. The molecule has 0 aromatic heterocycles. The average Bonchev–Trinajstić information content (AvgIpc) is 2.77. The van der Waals surface area contributed by atoms with E-state index >= 15 is 0 Å². The van der Waals surface area contributed by atoms with Crippen molar-refractivity contribution >= 4 is 19.4 Å². The number of rotatable bonds is 6. The second kappa shape index (κ2) is 9.54. The van der Waals surface area contributed by atoms with Crippen LogP contribution in [0, 0.1) is 0 Å². The van der Waals surface area contributed by atoms with Crippen molar-refractivity contribution in [3.8, 4) is 0 Å². The van der Waals surface area contributed by atoms with E-state index in [0.29, 0.717) is 19.8 Å². The summed E-state index contributed by atoms with van der Waals surface area (Å²) in [4.78, 5) is 0.451. The van der Waals surface area contributed by atoms with Gasteiger partial charge in [-0.3, -0.25) is 0 Å². The van der Waals surface area contributed by atoms with Gasteiger partial charge >= 0.3 is 174 Å². The molecule has 1 heterocycles. The van der Waals surface area contributed by atoms with Crippen LogP contribution in [0.2, 0.25) is 4.82 Å². The fraction of sp³-hybridized carbons (Fsp3) is 0.280. The van der Waals surface area contributed by atoms with E-state index in [2.05, 4.69) is 54.6 Å². The molecule has 1 saturated heterocycles. The number of hydrogen-bond donors (Lipinski definition) is 1. The van der Waals surface area contributed by atoms with E-state index in [1.165, 1.54) is 4.46 Å². The van der Waals surface area contributed by atoms with Gasteiger partial charge in [-0.05, 0) is 0 Å². The molecule has 2 nitrogen and oxygen atoms in total. The molecule has 144 valence electrons. The Morgan fingerprint density at radius 1 is 0.786 bits per heavy atom. The first kappa shape index (κ1) is 19.4. The molecule has 4 atom stereocenters. The van der Waals surface area contributed by atoms with Gasteiger partial charge in [0.1, 0.15) is 0 Å². The number of ether oxygens (including phenoxy) is 1. The summed E-state index contributed by atoms with van der Waals surface area (Å²) < 4.78 is 7.78. The molecule has 1 N–H and O–H groups in total. The van der Waals surface area contributed by atoms with Crippen LogP contribution >= 0.6 is 0 Å². The molecule has 28 heavy (non-hydrogen) atoms. The van der Waals surface area contributed by atoms with Crippen LogP contribution in [0.25, 0.3) is 0 Å². The summed E-state index contributed by atoms with van der Waals surface area (Å²) >= 11 is 0.315. The first-order chi connectivity index (χ1) is 13.8. The van der Waals surface area contributed by atoms with Gasteiger partial charge < -0.3 is 0 Å². The van der Waals surface area contributed by atoms with Crippen molar-refractivity contribution in [2.45, 2.75) is 35.8 Å². The van der Waals surface area contributed by atoms with E-state index in [1.54, 1.807) is 0 Å². The molecule has 0 aliphatic carbocycles. The van der Waals surface area contributed by atoms with Gasteiger partial charge in [0.15, 0.2) is 0 Å². The van der Waals surface area contributed by atoms with Crippen LogP contribution in [0.4, 0.5) is 0 Å². The van der Waals surface area contributed by atoms with Gasteiger partial charge in [-0.1, -0.05) is 0 Å². The van der Waals surface area contributed by atoms with Crippen LogP contribution in [-0.4, -0.2) is 32.8 Å². The van der Waals surface area contributed by atoms with Gasteiger partial charge in [0.2, 0.25) is 0 Å². The third kappa shape index (κ3) is 4.56. The van der Waals surface area contributed by atoms with Crippen LogP contribution in [0.5, 0.6) is 0 Å². The quantitative estimate of drug-likeness (QED) is 0.576. The standard InChI is InChI=1S/C25H26O2Se/c26-24(20-13-6-2-7-14-20)23(19-11-4-1-5-12-19)25-22(17-10-18-27-25)28-21-15-8-3-9-16-21/h1-9,11-16,22-26H,10,17-18H2/t22-,23+,24-,25-/m1/s1. The molecule has 0 bridgehead atoms. The topological polar surface area (TPSA) is 29.5 Å². The van der Waals surface area contributed by atoms with Gasteiger partial charge in [0.05, 0.1) is 0 Å². The van der Waals surface area contributed by atoms with Crippen molar-refractivity contribution in [1.29, 1.82) is 0 Å². The summed E-state index contributed by atoms with van der Waals surface area (Å²) in [5.41, 5.74) is 2.11. The molecular weight excluding hydrogens is 411 g/mol. The van der Waals surface area contributed by atoms with E-state index in [1.807, 2.05) is 36.4 Å². The Bertz CT molecular complexity index is 838. The Kier molecular flexibility index (Phi) is 6.61. The van der Waals surface area contributed by atoms with E-state index in [4.69, 9.17) is 4.74 Å². The molecule has 1 fully saturated rings. The predicted octanol–water partition coefficient (Wildman–Crippen LogP) is 4.50. The van der Waals surface area contributed by atoms with Gasteiger partial charge in [-0.15, -0.1) is 0 Å². The average molecular weight is 437 g/mol. The number of hydrogen-bond acceptors (Lipinski definition) is 2. The number of aliphatic hydroxyl groups is 1. The molecule has 1 aliphatic rings. The van der Waals surface area contributed by atoms with Gasteiger partial charge in [-0.2, -0.15) is 0 Å². The van der Waals surface area contributed by atoms with Crippen LogP contribution < -0.4 is 4.46 Å². The van der Waals surface area contributed by atoms with Crippen molar-refractivity contribution < 1.29 is 9.84 Å². The predicted molar refractivity (Wildman–Crippen MR) is 115 cm³/mol. The van der Waals surface area contributed by atoms with E-state index in [-0.39, 0.29) is 12.0 Å². The normalized spacial score (nSPS) is 21.8. The van der Waals surface area contributed by atoms with Crippen LogP contribution in [0.1, 0.15) is 36.0 Å². The van der Waals surface area contributed by atoms with Gasteiger partial charge in [0, 0.05) is 0 Å².